The first kappa shape index (κ1) is 9.44. The minimum Gasteiger partial charge on any atom is -0.380 e. The molecule has 2 aliphatic rings. The molecule has 3 nitrogen and oxygen atoms in total. The van der Waals surface area contributed by atoms with Crippen LogP contribution in [0, 0.1) is 5.92 Å². The van der Waals surface area contributed by atoms with Crippen LogP contribution in [0.1, 0.15) is 26.2 Å². The first-order chi connectivity index (χ1) is 6.27. The van der Waals surface area contributed by atoms with Gasteiger partial charge in [-0.3, -0.25) is 0 Å². The zero-order valence-corrected chi connectivity index (χ0v) is 8.33. The van der Waals surface area contributed by atoms with Crippen molar-refractivity contribution in [2.24, 2.45) is 11.7 Å². The fraction of sp³-hybridized carbons (Fsp3) is 1.00. The second kappa shape index (κ2) is 3.95. The van der Waals surface area contributed by atoms with E-state index in [1.165, 1.54) is 12.8 Å². The van der Waals surface area contributed by atoms with Crippen molar-refractivity contribution >= 4 is 0 Å². The van der Waals surface area contributed by atoms with E-state index in [1.807, 2.05) is 0 Å². The van der Waals surface area contributed by atoms with Crippen molar-refractivity contribution in [3.63, 3.8) is 0 Å². The molecule has 1 aliphatic heterocycles. The van der Waals surface area contributed by atoms with E-state index < -0.39 is 0 Å². The number of rotatable bonds is 3. The number of hydrogen-bond donors (Lipinski definition) is 2. The van der Waals surface area contributed by atoms with Gasteiger partial charge in [-0.25, -0.2) is 0 Å². The van der Waals surface area contributed by atoms with Crippen molar-refractivity contribution in [2.75, 3.05) is 13.2 Å². The van der Waals surface area contributed by atoms with Crippen molar-refractivity contribution < 1.29 is 4.74 Å². The largest absolute Gasteiger partial charge is 0.380 e. The van der Waals surface area contributed by atoms with Crippen LogP contribution in [0.25, 0.3) is 0 Å². The maximum absolute atomic E-state index is 5.96. The van der Waals surface area contributed by atoms with Gasteiger partial charge < -0.3 is 15.8 Å². The third-order valence-electron chi connectivity index (χ3n) is 3.21. The first-order valence-electron chi connectivity index (χ1n) is 5.37. The Kier molecular flexibility index (Phi) is 2.86. The lowest BCUT2D eigenvalue weighted by molar-refractivity contribution is 0.0586. The molecule has 0 aromatic heterocycles. The van der Waals surface area contributed by atoms with Crippen LogP contribution in [-0.2, 0) is 4.74 Å². The minimum absolute atomic E-state index is 0.190. The number of nitrogens with one attached hydrogen (secondary N) is 1. The lowest BCUT2D eigenvalue weighted by atomic mass is 10.0. The smallest absolute Gasteiger partial charge is 0.0632 e. The molecular weight excluding hydrogens is 164 g/mol. The van der Waals surface area contributed by atoms with Crippen molar-refractivity contribution in [3.05, 3.63) is 0 Å². The lowest BCUT2D eigenvalue weighted by Gasteiger charge is -2.32. The Bertz CT molecular complexity index is 170. The summed E-state index contributed by atoms with van der Waals surface area (Å²) in [4.78, 5) is 0. The van der Waals surface area contributed by atoms with Gasteiger partial charge in [0, 0.05) is 24.7 Å². The Morgan fingerprint density at radius 2 is 2.15 bits per heavy atom. The summed E-state index contributed by atoms with van der Waals surface area (Å²) in [6.07, 6.45) is 3.86. The highest BCUT2D eigenvalue weighted by atomic mass is 16.5. The third kappa shape index (κ3) is 2.42. The highest BCUT2D eigenvalue weighted by Crippen LogP contribution is 2.32. The number of ether oxygens (including phenoxy) is 1. The van der Waals surface area contributed by atoms with Crippen molar-refractivity contribution in [3.8, 4) is 0 Å². The first-order valence-corrected chi connectivity index (χ1v) is 5.37. The number of hydrogen-bond acceptors (Lipinski definition) is 3. The molecule has 0 aromatic carbocycles. The highest BCUT2D eigenvalue weighted by Gasteiger charge is 2.31. The van der Waals surface area contributed by atoms with Gasteiger partial charge in [0.2, 0.25) is 0 Å². The average molecular weight is 184 g/mol. The molecule has 13 heavy (non-hydrogen) atoms. The Labute approximate surface area is 80.0 Å². The lowest BCUT2D eigenvalue weighted by Crippen LogP contribution is -2.54. The van der Waals surface area contributed by atoms with E-state index in [2.05, 4.69) is 12.2 Å². The normalized spacial score (nSPS) is 37.4. The monoisotopic (exact) mass is 184 g/mol. The van der Waals surface area contributed by atoms with Gasteiger partial charge in [0.25, 0.3) is 0 Å². The Morgan fingerprint density at radius 1 is 1.38 bits per heavy atom. The van der Waals surface area contributed by atoms with E-state index in [1.54, 1.807) is 0 Å². The van der Waals surface area contributed by atoms with Gasteiger partial charge in [0.05, 0.1) is 6.61 Å². The van der Waals surface area contributed by atoms with Crippen LogP contribution in [0.15, 0.2) is 0 Å². The van der Waals surface area contributed by atoms with Gasteiger partial charge in [-0.05, 0) is 32.1 Å². The molecule has 0 amide bonds. The predicted molar refractivity (Wildman–Crippen MR) is 52.5 cm³/mol. The molecule has 3 heteroatoms. The van der Waals surface area contributed by atoms with Crippen LogP contribution in [0.4, 0.5) is 0 Å². The molecular formula is C10H20N2O. The fourth-order valence-electron chi connectivity index (χ4n) is 2.04. The fourth-order valence-corrected chi connectivity index (χ4v) is 2.04. The van der Waals surface area contributed by atoms with Crippen molar-refractivity contribution in [1.29, 1.82) is 0 Å². The van der Waals surface area contributed by atoms with Gasteiger partial charge in [0.1, 0.15) is 0 Å². The maximum atomic E-state index is 5.96. The highest BCUT2D eigenvalue weighted by molar-refractivity contribution is 4.90. The van der Waals surface area contributed by atoms with Crippen molar-refractivity contribution in [1.82, 2.24) is 5.32 Å². The molecule has 3 unspecified atom stereocenters. The van der Waals surface area contributed by atoms with Crippen molar-refractivity contribution in [2.45, 2.75) is 44.3 Å². The van der Waals surface area contributed by atoms with Gasteiger partial charge in [-0.2, -0.15) is 0 Å². The summed E-state index contributed by atoms with van der Waals surface area (Å²) in [5, 5.41) is 3.63. The van der Waals surface area contributed by atoms with Gasteiger partial charge in [-0.1, -0.05) is 0 Å². The second-order valence-electron chi connectivity index (χ2n) is 4.43. The third-order valence-corrected chi connectivity index (χ3v) is 3.21. The molecule has 0 radical (unpaired) electrons. The Morgan fingerprint density at radius 3 is 2.77 bits per heavy atom. The molecule has 0 spiro atoms. The van der Waals surface area contributed by atoms with Crippen LogP contribution in [0.3, 0.4) is 0 Å². The van der Waals surface area contributed by atoms with E-state index in [-0.39, 0.29) is 6.04 Å². The summed E-state index contributed by atoms with van der Waals surface area (Å²) < 4.78 is 5.30. The Hall–Kier alpha value is -0.120. The molecule has 1 heterocycles. The molecule has 2 rings (SSSR count). The van der Waals surface area contributed by atoms with Crippen LogP contribution < -0.4 is 11.1 Å². The van der Waals surface area contributed by atoms with E-state index in [0.717, 1.165) is 25.6 Å². The molecule has 0 aromatic rings. The number of nitrogens with two attached hydrogens (primary N) is 1. The summed E-state index contributed by atoms with van der Waals surface area (Å²) >= 11 is 0. The van der Waals surface area contributed by atoms with Gasteiger partial charge in [0.15, 0.2) is 0 Å². The second-order valence-corrected chi connectivity index (χ2v) is 4.43. The van der Waals surface area contributed by atoms with Gasteiger partial charge >= 0.3 is 0 Å². The standard InChI is InChI=1S/C10H20N2O/c1-7(8-2-3-8)12-10-4-5-13-6-9(10)11/h7-10,12H,2-6,11H2,1H3. The van der Waals surface area contributed by atoms with E-state index in [9.17, 15) is 0 Å². The zero-order chi connectivity index (χ0) is 9.26. The topological polar surface area (TPSA) is 47.3 Å². The van der Waals surface area contributed by atoms with Gasteiger partial charge in [-0.15, -0.1) is 0 Å². The quantitative estimate of drug-likeness (QED) is 0.671. The molecule has 1 aliphatic carbocycles. The average Bonchev–Trinajstić information content (AvgIpc) is 2.91. The molecule has 1 saturated heterocycles. The van der Waals surface area contributed by atoms with Crippen LogP contribution in [-0.4, -0.2) is 31.3 Å². The molecule has 3 atom stereocenters. The summed E-state index contributed by atoms with van der Waals surface area (Å²) in [7, 11) is 0. The molecule has 3 N–H and O–H groups in total. The summed E-state index contributed by atoms with van der Waals surface area (Å²) in [5.41, 5.74) is 5.96. The summed E-state index contributed by atoms with van der Waals surface area (Å²) in [6, 6.07) is 1.31. The summed E-state index contributed by atoms with van der Waals surface area (Å²) in [6.45, 7) is 3.86. The maximum Gasteiger partial charge on any atom is 0.0632 e. The SMILES string of the molecule is CC(NC1CCOCC1N)C1CC1. The minimum atomic E-state index is 0.190. The van der Waals surface area contributed by atoms with E-state index in [0.29, 0.717) is 12.1 Å². The van der Waals surface area contributed by atoms with Crippen LogP contribution >= 0.6 is 0 Å². The van der Waals surface area contributed by atoms with E-state index in [4.69, 9.17) is 10.5 Å². The van der Waals surface area contributed by atoms with E-state index >= 15 is 0 Å². The molecule has 1 saturated carbocycles. The molecule has 0 bridgehead atoms. The van der Waals surface area contributed by atoms with Crippen LogP contribution in [0.2, 0.25) is 0 Å². The molecule has 76 valence electrons. The Balaban J connectivity index is 1.77. The molecule has 2 fully saturated rings. The zero-order valence-electron chi connectivity index (χ0n) is 8.33. The van der Waals surface area contributed by atoms with Crippen LogP contribution in [0.5, 0.6) is 0 Å². The predicted octanol–water partition coefficient (Wildman–Crippen LogP) is 0.491. The summed E-state index contributed by atoms with van der Waals surface area (Å²) in [5.74, 6) is 0.912.